The van der Waals surface area contributed by atoms with E-state index in [1.54, 1.807) is 25.1 Å². The Hall–Kier alpha value is -1.18. The number of hydrogen-bond acceptors (Lipinski definition) is 5. The Kier molecular flexibility index (Phi) is 4.13. The first-order valence-electron chi connectivity index (χ1n) is 7.16. The fraction of sp³-hybridized carbons (Fsp3) is 0.533. The zero-order chi connectivity index (χ0) is 16.0. The Labute approximate surface area is 132 Å². The van der Waals surface area contributed by atoms with E-state index in [9.17, 15) is 20.1 Å². The molecule has 1 amide bonds. The van der Waals surface area contributed by atoms with Gasteiger partial charge in [-0.1, -0.05) is 24.6 Å². The predicted octanol–water partition coefficient (Wildman–Crippen LogP) is 0.371. The highest BCUT2D eigenvalue weighted by Crippen LogP contribution is 2.34. The first-order chi connectivity index (χ1) is 10.4. The van der Waals surface area contributed by atoms with Crippen LogP contribution in [0.4, 0.5) is 0 Å². The molecule has 3 N–H and O–H groups in total. The highest BCUT2D eigenvalue weighted by molar-refractivity contribution is 6.31. The predicted molar refractivity (Wildman–Crippen MR) is 78.2 cm³/mol. The molecule has 1 aromatic carbocycles. The van der Waals surface area contributed by atoms with Gasteiger partial charge < -0.3 is 25.0 Å². The molecule has 2 unspecified atom stereocenters. The van der Waals surface area contributed by atoms with Crippen LogP contribution >= 0.6 is 11.6 Å². The van der Waals surface area contributed by atoms with Crippen molar-refractivity contribution in [2.24, 2.45) is 5.92 Å². The monoisotopic (exact) mass is 327 g/mol. The molecule has 1 saturated heterocycles. The Balaban J connectivity index is 1.88. The summed E-state index contributed by atoms with van der Waals surface area (Å²) < 4.78 is 5.34. The van der Waals surface area contributed by atoms with E-state index in [4.69, 9.17) is 16.3 Å². The van der Waals surface area contributed by atoms with Crippen LogP contribution in [0.15, 0.2) is 18.2 Å². The standard InChI is InChI=1S/C15H18ClNO5/c1-7-11(6-18)22-15(21)12(13(7)19)17-5-8-2-3-9(16)4-10(8)14(17)20/h2-4,7,11-13,15,18-19,21H,5-6H2,1H3/t7-,11?,12+,13?,15-/m1/s1. The second-order valence-electron chi connectivity index (χ2n) is 5.82. The quantitative estimate of drug-likeness (QED) is 0.730. The number of aliphatic hydroxyl groups excluding tert-OH is 3. The van der Waals surface area contributed by atoms with Crippen molar-refractivity contribution in [2.45, 2.75) is 38.0 Å². The second kappa shape index (κ2) is 5.79. The second-order valence-corrected chi connectivity index (χ2v) is 6.26. The molecule has 0 aromatic heterocycles. The summed E-state index contributed by atoms with van der Waals surface area (Å²) in [5, 5.41) is 30.3. The molecule has 2 aliphatic heterocycles. The number of benzene rings is 1. The van der Waals surface area contributed by atoms with Crippen molar-refractivity contribution in [1.29, 1.82) is 0 Å². The third-order valence-corrected chi connectivity index (χ3v) is 4.76. The summed E-state index contributed by atoms with van der Waals surface area (Å²) in [4.78, 5) is 13.9. The van der Waals surface area contributed by atoms with Gasteiger partial charge in [-0.15, -0.1) is 0 Å². The molecular formula is C15H18ClNO5. The first-order valence-corrected chi connectivity index (χ1v) is 7.53. The number of aliphatic hydroxyl groups is 3. The highest BCUT2D eigenvalue weighted by Gasteiger charge is 2.48. The summed E-state index contributed by atoms with van der Waals surface area (Å²) >= 11 is 5.92. The lowest BCUT2D eigenvalue weighted by Crippen LogP contribution is -2.61. The van der Waals surface area contributed by atoms with Crippen molar-refractivity contribution in [1.82, 2.24) is 4.90 Å². The molecule has 7 heteroatoms. The Morgan fingerprint density at radius 3 is 2.82 bits per heavy atom. The molecule has 2 heterocycles. The van der Waals surface area contributed by atoms with E-state index in [0.29, 0.717) is 10.6 Å². The van der Waals surface area contributed by atoms with Crippen LogP contribution in [-0.4, -0.2) is 57.3 Å². The van der Waals surface area contributed by atoms with Crippen molar-refractivity contribution in [3.05, 3.63) is 34.3 Å². The number of halogens is 1. The van der Waals surface area contributed by atoms with E-state index in [-0.39, 0.29) is 19.1 Å². The summed E-state index contributed by atoms with van der Waals surface area (Å²) in [5.74, 6) is -0.697. The number of carbonyl (C=O) groups excluding carboxylic acids is 1. The van der Waals surface area contributed by atoms with Crippen LogP contribution in [-0.2, 0) is 11.3 Å². The summed E-state index contributed by atoms with van der Waals surface area (Å²) in [5.41, 5.74) is 1.27. The fourth-order valence-electron chi connectivity index (χ4n) is 3.17. The Bertz CT molecular complexity index is 595. The molecule has 22 heavy (non-hydrogen) atoms. The molecule has 1 aromatic rings. The van der Waals surface area contributed by atoms with Gasteiger partial charge in [0.2, 0.25) is 0 Å². The maximum atomic E-state index is 12.5. The van der Waals surface area contributed by atoms with Gasteiger partial charge in [-0.25, -0.2) is 0 Å². The molecule has 1 fully saturated rings. The van der Waals surface area contributed by atoms with Crippen LogP contribution in [0.2, 0.25) is 5.02 Å². The van der Waals surface area contributed by atoms with Gasteiger partial charge >= 0.3 is 0 Å². The van der Waals surface area contributed by atoms with E-state index in [2.05, 4.69) is 0 Å². The largest absolute Gasteiger partial charge is 0.394 e. The van der Waals surface area contributed by atoms with Gasteiger partial charge in [0.15, 0.2) is 6.29 Å². The van der Waals surface area contributed by atoms with E-state index in [0.717, 1.165) is 5.56 Å². The van der Waals surface area contributed by atoms with E-state index in [1.165, 1.54) is 4.90 Å². The third kappa shape index (κ3) is 2.41. The van der Waals surface area contributed by atoms with Crippen LogP contribution in [0.3, 0.4) is 0 Å². The van der Waals surface area contributed by atoms with Crippen LogP contribution in [0.1, 0.15) is 22.8 Å². The van der Waals surface area contributed by atoms with Crippen LogP contribution in [0, 0.1) is 5.92 Å². The topological polar surface area (TPSA) is 90.2 Å². The fourth-order valence-corrected chi connectivity index (χ4v) is 3.34. The van der Waals surface area contributed by atoms with Gasteiger partial charge in [-0.3, -0.25) is 4.79 Å². The molecule has 2 aliphatic rings. The third-order valence-electron chi connectivity index (χ3n) is 4.53. The van der Waals surface area contributed by atoms with Gasteiger partial charge in [0.05, 0.1) is 18.8 Å². The number of hydrogen-bond donors (Lipinski definition) is 3. The van der Waals surface area contributed by atoms with Gasteiger partial charge in [0.25, 0.3) is 5.91 Å². The summed E-state index contributed by atoms with van der Waals surface area (Å²) in [7, 11) is 0. The van der Waals surface area contributed by atoms with Gasteiger partial charge in [0, 0.05) is 23.0 Å². The summed E-state index contributed by atoms with van der Waals surface area (Å²) in [6.07, 6.45) is -3.00. The van der Waals surface area contributed by atoms with Gasteiger partial charge in [-0.2, -0.15) is 0 Å². The van der Waals surface area contributed by atoms with E-state index in [1.807, 2.05) is 0 Å². The minimum absolute atomic E-state index is 0.282. The van der Waals surface area contributed by atoms with Crippen molar-refractivity contribution >= 4 is 17.5 Å². The molecular weight excluding hydrogens is 310 g/mol. The summed E-state index contributed by atoms with van der Waals surface area (Å²) in [6.45, 7) is 1.70. The van der Waals surface area contributed by atoms with Crippen molar-refractivity contribution < 1.29 is 24.9 Å². The van der Waals surface area contributed by atoms with Crippen LogP contribution < -0.4 is 0 Å². The SMILES string of the molecule is C[C@@H]1C(CO)O[C@@H](O)[C@@H](N2Cc3ccc(Cl)cc3C2=O)C1O. The maximum Gasteiger partial charge on any atom is 0.255 e. The molecule has 120 valence electrons. The van der Waals surface area contributed by atoms with Crippen molar-refractivity contribution in [2.75, 3.05) is 6.61 Å². The zero-order valence-corrected chi connectivity index (χ0v) is 12.8. The molecule has 5 atom stereocenters. The molecule has 0 bridgehead atoms. The molecule has 0 spiro atoms. The van der Waals surface area contributed by atoms with Gasteiger partial charge in [-0.05, 0) is 17.7 Å². The maximum absolute atomic E-state index is 12.5. The summed E-state index contributed by atoms with van der Waals surface area (Å²) in [6, 6.07) is 4.17. The van der Waals surface area contributed by atoms with E-state index < -0.39 is 30.5 Å². The molecule has 0 radical (unpaired) electrons. The number of ether oxygens (including phenoxy) is 1. The highest BCUT2D eigenvalue weighted by atomic mass is 35.5. The van der Waals surface area contributed by atoms with Crippen LogP contribution in [0.25, 0.3) is 0 Å². The Morgan fingerprint density at radius 2 is 2.14 bits per heavy atom. The lowest BCUT2D eigenvalue weighted by atomic mass is 9.88. The number of fused-ring (bicyclic) bond motifs is 1. The lowest BCUT2D eigenvalue weighted by Gasteiger charge is -2.44. The van der Waals surface area contributed by atoms with Crippen LogP contribution in [0.5, 0.6) is 0 Å². The van der Waals surface area contributed by atoms with Gasteiger partial charge in [0.1, 0.15) is 6.04 Å². The minimum atomic E-state index is -1.35. The van der Waals surface area contributed by atoms with Crippen molar-refractivity contribution in [3.8, 4) is 0 Å². The lowest BCUT2D eigenvalue weighted by molar-refractivity contribution is -0.250. The molecule has 0 saturated carbocycles. The molecule has 0 aliphatic carbocycles. The first kappa shape index (κ1) is 15.7. The number of amides is 1. The molecule has 3 rings (SSSR count). The number of carbonyl (C=O) groups is 1. The van der Waals surface area contributed by atoms with Crippen molar-refractivity contribution in [3.63, 3.8) is 0 Å². The average molecular weight is 328 g/mol. The normalized spacial score (nSPS) is 34.9. The molecule has 6 nitrogen and oxygen atoms in total. The van der Waals surface area contributed by atoms with E-state index >= 15 is 0 Å². The Morgan fingerprint density at radius 1 is 1.41 bits per heavy atom. The zero-order valence-electron chi connectivity index (χ0n) is 12.0. The number of rotatable bonds is 2. The minimum Gasteiger partial charge on any atom is -0.394 e. The smallest absolute Gasteiger partial charge is 0.255 e. The number of nitrogens with zero attached hydrogens (tertiary/aromatic N) is 1. The average Bonchev–Trinajstić information content (AvgIpc) is 2.80.